The molecule has 1 aromatic rings. The zero-order valence-electron chi connectivity index (χ0n) is 11.5. The second-order valence-electron chi connectivity index (χ2n) is 5.62. The van der Waals surface area contributed by atoms with E-state index >= 15 is 0 Å². The Morgan fingerprint density at radius 2 is 1.79 bits per heavy atom. The highest BCUT2D eigenvalue weighted by molar-refractivity contribution is 7.89. The maximum atomic E-state index is 12.8. The normalized spacial score (nSPS) is 27.9. The van der Waals surface area contributed by atoms with Gasteiger partial charge >= 0.3 is 0 Å². The number of rotatable bonds is 2. The van der Waals surface area contributed by atoms with Crippen LogP contribution in [0.2, 0.25) is 0 Å². The Morgan fingerprint density at radius 3 is 2.26 bits per heavy atom. The molecule has 2 unspecified atom stereocenters. The molecule has 106 valence electrons. The van der Waals surface area contributed by atoms with Gasteiger partial charge in [-0.2, -0.15) is 9.40 Å². The first-order valence-corrected chi connectivity index (χ1v) is 8.06. The van der Waals surface area contributed by atoms with E-state index in [0.717, 1.165) is 13.1 Å². The Bertz CT molecular complexity index is 595. The van der Waals surface area contributed by atoms with Gasteiger partial charge in [-0.05, 0) is 38.8 Å². The number of sulfonamides is 1. The van der Waals surface area contributed by atoms with Crippen molar-refractivity contribution in [3.8, 4) is 0 Å². The molecule has 3 rings (SSSR count). The van der Waals surface area contributed by atoms with Crippen molar-refractivity contribution in [2.75, 3.05) is 26.2 Å². The molecule has 2 saturated heterocycles. The lowest BCUT2D eigenvalue weighted by molar-refractivity contribution is 0.447. The van der Waals surface area contributed by atoms with Gasteiger partial charge in [0.15, 0.2) is 0 Å². The van der Waals surface area contributed by atoms with Crippen LogP contribution < -0.4 is 5.32 Å². The molecular weight excluding hydrogens is 264 g/mol. The summed E-state index contributed by atoms with van der Waals surface area (Å²) < 4.78 is 28.8. The first-order chi connectivity index (χ1) is 8.91. The molecule has 0 radical (unpaired) electrons. The summed E-state index contributed by atoms with van der Waals surface area (Å²) >= 11 is 0. The van der Waals surface area contributed by atoms with Crippen LogP contribution in [0.5, 0.6) is 0 Å². The third kappa shape index (κ3) is 1.91. The fourth-order valence-electron chi connectivity index (χ4n) is 3.27. The molecule has 2 aliphatic heterocycles. The third-order valence-electron chi connectivity index (χ3n) is 4.40. The smallest absolute Gasteiger partial charge is 0.246 e. The molecule has 0 aliphatic carbocycles. The van der Waals surface area contributed by atoms with Gasteiger partial charge in [-0.1, -0.05) is 0 Å². The molecule has 7 heteroatoms. The number of fused-ring (bicyclic) bond motifs is 1. The Kier molecular flexibility index (Phi) is 2.95. The van der Waals surface area contributed by atoms with Crippen LogP contribution >= 0.6 is 0 Å². The van der Waals surface area contributed by atoms with E-state index in [1.165, 1.54) is 0 Å². The Labute approximate surface area is 113 Å². The van der Waals surface area contributed by atoms with Crippen LogP contribution in [0.25, 0.3) is 0 Å². The topological polar surface area (TPSA) is 67.2 Å². The van der Waals surface area contributed by atoms with Crippen molar-refractivity contribution in [1.29, 1.82) is 0 Å². The molecule has 3 heterocycles. The Morgan fingerprint density at radius 1 is 1.21 bits per heavy atom. The Balaban J connectivity index is 1.95. The van der Waals surface area contributed by atoms with Crippen LogP contribution in [0, 0.1) is 25.7 Å². The summed E-state index contributed by atoms with van der Waals surface area (Å²) in [4.78, 5) is 0.392. The van der Waals surface area contributed by atoms with Gasteiger partial charge in [-0.15, -0.1) is 0 Å². The van der Waals surface area contributed by atoms with Crippen molar-refractivity contribution in [2.45, 2.75) is 18.7 Å². The van der Waals surface area contributed by atoms with Gasteiger partial charge in [-0.25, -0.2) is 8.42 Å². The maximum Gasteiger partial charge on any atom is 0.246 e. The summed E-state index contributed by atoms with van der Waals surface area (Å²) in [5.74, 6) is 0.930. The highest BCUT2D eigenvalue weighted by Gasteiger charge is 2.42. The second kappa shape index (κ2) is 4.29. The summed E-state index contributed by atoms with van der Waals surface area (Å²) in [6, 6.07) is 0. The van der Waals surface area contributed by atoms with Crippen molar-refractivity contribution >= 4 is 10.0 Å². The Hall–Kier alpha value is -0.920. The van der Waals surface area contributed by atoms with E-state index in [2.05, 4.69) is 10.4 Å². The first-order valence-electron chi connectivity index (χ1n) is 6.62. The van der Waals surface area contributed by atoms with E-state index < -0.39 is 10.0 Å². The van der Waals surface area contributed by atoms with Crippen molar-refractivity contribution in [1.82, 2.24) is 19.4 Å². The minimum atomic E-state index is -3.40. The van der Waals surface area contributed by atoms with Crippen LogP contribution in [0.15, 0.2) is 4.90 Å². The quantitative estimate of drug-likeness (QED) is 0.822. The van der Waals surface area contributed by atoms with Gasteiger partial charge < -0.3 is 5.32 Å². The molecule has 2 atom stereocenters. The molecule has 1 N–H and O–H groups in total. The second-order valence-corrected chi connectivity index (χ2v) is 7.50. The van der Waals surface area contributed by atoms with Crippen LogP contribution in [-0.2, 0) is 17.1 Å². The van der Waals surface area contributed by atoms with Gasteiger partial charge in [0.25, 0.3) is 0 Å². The summed E-state index contributed by atoms with van der Waals surface area (Å²) in [5.41, 5.74) is 1.31. The lowest BCUT2D eigenvalue weighted by Gasteiger charge is -2.17. The monoisotopic (exact) mass is 284 g/mol. The highest BCUT2D eigenvalue weighted by atomic mass is 32.2. The minimum Gasteiger partial charge on any atom is -0.316 e. The molecule has 0 bridgehead atoms. The summed E-state index contributed by atoms with van der Waals surface area (Å²) in [5, 5.41) is 7.54. The van der Waals surface area contributed by atoms with Gasteiger partial charge in [-0.3, -0.25) is 4.68 Å². The SMILES string of the molecule is Cc1nn(C)c(C)c1S(=O)(=O)N1CC2CNCC2C1. The molecule has 0 aromatic carbocycles. The van der Waals surface area contributed by atoms with Crippen LogP contribution in [0.1, 0.15) is 11.4 Å². The fourth-order valence-corrected chi connectivity index (χ4v) is 5.22. The average Bonchev–Trinajstić information content (AvgIpc) is 2.92. The molecule has 2 fully saturated rings. The standard InChI is InChI=1S/C12H20N4O2S/c1-8-12(9(2)15(3)14-8)19(17,18)16-6-10-4-13-5-11(10)7-16/h10-11,13H,4-7H2,1-3H3. The fraction of sp³-hybridized carbons (Fsp3) is 0.750. The number of nitrogens with zero attached hydrogens (tertiary/aromatic N) is 3. The molecular formula is C12H20N4O2S. The molecule has 0 amide bonds. The third-order valence-corrected chi connectivity index (χ3v) is 6.48. The first kappa shape index (κ1) is 13.1. The van der Waals surface area contributed by atoms with E-state index in [4.69, 9.17) is 0 Å². The predicted octanol–water partition coefficient (Wildman–Crippen LogP) is -0.123. The zero-order valence-corrected chi connectivity index (χ0v) is 12.4. The molecule has 0 spiro atoms. The molecule has 6 nitrogen and oxygen atoms in total. The molecule has 1 aromatic heterocycles. The van der Waals surface area contributed by atoms with Crippen molar-refractivity contribution in [3.05, 3.63) is 11.4 Å². The van der Waals surface area contributed by atoms with Crippen molar-refractivity contribution in [3.63, 3.8) is 0 Å². The highest BCUT2D eigenvalue weighted by Crippen LogP contribution is 2.32. The molecule has 19 heavy (non-hydrogen) atoms. The lowest BCUT2D eigenvalue weighted by atomic mass is 10.0. The summed E-state index contributed by atoms with van der Waals surface area (Å²) in [6.07, 6.45) is 0. The van der Waals surface area contributed by atoms with Gasteiger partial charge in [0.05, 0.1) is 11.4 Å². The number of nitrogens with one attached hydrogen (secondary N) is 1. The van der Waals surface area contributed by atoms with Crippen LogP contribution in [-0.4, -0.2) is 48.7 Å². The number of hydrogen-bond donors (Lipinski definition) is 1. The maximum absolute atomic E-state index is 12.8. The van der Waals surface area contributed by atoms with E-state index in [-0.39, 0.29) is 0 Å². The predicted molar refractivity (Wildman–Crippen MR) is 71.3 cm³/mol. The average molecular weight is 284 g/mol. The van der Waals surface area contributed by atoms with Gasteiger partial charge in [0.2, 0.25) is 10.0 Å². The number of hydrogen-bond acceptors (Lipinski definition) is 4. The number of aryl methyl sites for hydroxylation is 2. The van der Waals surface area contributed by atoms with E-state index in [1.807, 2.05) is 6.92 Å². The van der Waals surface area contributed by atoms with Crippen molar-refractivity contribution < 1.29 is 8.42 Å². The van der Waals surface area contributed by atoms with Gasteiger partial charge in [0.1, 0.15) is 4.90 Å². The van der Waals surface area contributed by atoms with Crippen LogP contribution in [0.3, 0.4) is 0 Å². The minimum absolute atomic E-state index is 0.392. The van der Waals surface area contributed by atoms with Crippen LogP contribution in [0.4, 0.5) is 0 Å². The van der Waals surface area contributed by atoms with E-state index in [1.54, 1.807) is 23.0 Å². The lowest BCUT2D eigenvalue weighted by Crippen LogP contribution is -2.32. The van der Waals surface area contributed by atoms with Gasteiger partial charge in [0, 0.05) is 20.1 Å². The summed E-state index contributed by atoms with van der Waals surface area (Å²) in [7, 11) is -1.62. The molecule has 2 aliphatic rings. The zero-order chi connectivity index (χ0) is 13.8. The van der Waals surface area contributed by atoms with E-state index in [9.17, 15) is 8.42 Å². The van der Waals surface area contributed by atoms with E-state index in [0.29, 0.717) is 41.2 Å². The van der Waals surface area contributed by atoms with Crippen molar-refractivity contribution in [2.24, 2.45) is 18.9 Å². The largest absolute Gasteiger partial charge is 0.316 e. The molecule has 0 saturated carbocycles. The number of aromatic nitrogens is 2. The summed E-state index contributed by atoms with van der Waals surface area (Å²) in [6.45, 7) is 6.70.